The van der Waals surface area contributed by atoms with Gasteiger partial charge in [0, 0.05) is 17.2 Å². The van der Waals surface area contributed by atoms with E-state index in [1.165, 1.54) is 6.26 Å². The van der Waals surface area contributed by atoms with Crippen molar-refractivity contribution < 1.29 is 9.32 Å². The van der Waals surface area contributed by atoms with Gasteiger partial charge in [-0.05, 0) is 22.9 Å². The molecule has 1 heterocycles. The molecule has 0 aliphatic rings. The molecule has 0 spiro atoms. The van der Waals surface area contributed by atoms with E-state index in [1.54, 1.807) is 6.07 Å². The smallest absolute Gasteiger partial charge is 0.150 e. The van der Waals surface area contributed by atoms with E-state index in [0.717, 1.165) is 28.3 Å². The van der Waals surface area contributed by atoms with E-state index in [9.17, 15) is 4.79 Å². The van der Waals surface area contributed by atoms with Gasteiger partial charge >= 0.3 is 0 Å². The van der Waals surface area contributed by atoms with E-state index in [0.29, 0.717) is 5.56 Å². The van der Waals surface area contributed by atoms with Gasteiger partial charge in [0.05, 0.1) is 0 Å². The molecule has 3 rings (SSSR count). The summed E-state index contributed by atoms with van der Waals surface area (Å²) < 4.78 is 4.82. The summed E-state index contributed by atoms with van der Waals surface area (Å²) in [7, 11) is 0. The van der Waals surface area contributed by atoms with Gasteiger partial charge in [-0.2, -0.15) is 0 Å². The molecule has 0 amide bonds. The lowest BCUT2D eigenvalue weighted by Crippen LogP contribution is -1.86. The van der Waals surface area contributed by atoms with Gasteiger partial charge < -0.3 is 4.52 Å². The van der Waals surface area contributed by atoms with Crippen molar-refractivity contribution in [2.75, 3.05) is 0 Å². The molecule has 3 aromatic rings. The lowest BCUT2D eigenvalue weighted by atomic mass is 10.0. The number of aromatic nitrogens is 1. The maximum Gasteiger partial charge on any atom is 0.150 e. The van der Waals surface area contributed by atoms with Crippen LogP contribution in [0.5, 0.6) is 0 Å². The summed E-state index contributed by atoms with van der Waals surface area (Å²) in [6, 6.07) is 13.4. The fourth-order valence-corrected chi connectivity index (χ4v) is 1.95. The third-order valence-electron chi connectivity index (χ3n) is 2.75. The number of carbonyl (C=O) groups is 1. The van der Waals surface area contributed by atoms with Gasteiger partial charge in [-0.25, -0.2) is 0 Å². The van der Waals surface area contributed by atoms with Crippen molar-refractivity contribution in [1.82, 2.24) is 5.16 Å². The van der Waals surface area contributed by atoms with E-state index >= 15 is 0 Å². The van der Waals surface area contributed by atoms with Gasteiger partial charge in [0.25, 0.3) is 0 Å². The Labute approximate surface area is 97.7 Å². The highest BCUT2D eigenvalue weighted by molar-refractivity contribution is 6.00. The molecule has 0 fully saturated rings. The molecule has 0 saturated heterocycles. The Hall–Kier alpha value is -2.42. The third-order valence-corrected chi connectivity index (χ3v) is 2.75. The van der Waals surface area contributed by atoms with Crippen LogP contribution < -0.4 is 0 Å². The Morgan fingerprint density at radius 1 is 1.12 bits per heavy atom. The van der Waals surface area contributed by atoms with Crippen LogP contribution in [0.25, 0.3) is 22.0 Å². The first kappa shape index (κ1) is 9.78. The van der Waals surface area contributed by atoms with Crippen LogP contribution in [0.2, 0.25) is 0 Å². The summed E-state index contributed by atoms with van der Waals surface area (Å²) in [6.45, 7) is 0. The Balaban J connectivity index is 2.32. The normalized spacial score (nSPS) is 10.6. The van der Waals surface area contributed by atoms with Crippen LogP contribution in [-0.4, -0.2) is 11.4 Å². The number of fused-ring (bicyclic) bond motifs is 1. The lowest BCUT2D eigenvalue weighted by Gasteiger charge is -2.03. The molecule has 0 radical (unpaired) electrons. The van der Waals surface area contributed by atoms with Gasteiger partial charge in [0.1, 0.15) is 12.0 Å². The fourth-order valence-electron chi connectivity index (χ4n) is 1.95. The average molecular weight is 223 g/mol. The zero-order valence-electron chi connectivity index (χ0n) is 8.96. The molecule has 82 valence electrons. The van der Waals surface area contributed by atoms with Crippen LogP contribution >= 0.6 is 0 Å². The van der Waals surface area contributed by atoms with Gasteiger partial charge in [-0.1, -0.05) is 29.4 Å². The fraction of sp³-hybridized carbons (Fsp3) is 0. The molecule has 3 nitrogen and oxygen atoms in total. The number of hydrogen-bond acceptors (Lipinski definition) is 3. The van der Waals surface area contributed by atoms with Gasteiger partial charge in [-0.15, -0.1) is 0 Å². The minimum Gasteiger partial charge on any atom is -0.364 e. The van der Waals surface area contributed by atoms with E-state index in [4.69, 9.17) is 4.52 Å². The molecule has 0 atom stereocenters. The Morgan fingerprint density at radius 3 is 2.76 bits per heavy atom. The first-order valence-electron chi connectivity index (χ1n) is 5.27. The van der Waals surface area contributed by atoms with Crippen LogP contribution in [-0.2, 0) is 0 Å². The topological polar surface area (TPSA) is 43.1 Å². The zero-order chi connectivity index (χ0) is 11.7. The average Bonchev–Trinajstić information content (AvgIpc) is 2.91. The van der Waals surface area contributed by atoms with Crippen LogP contribution in [0, 0.1) is 0 Å². The summed E-state index contributed by atoms with van der Waals surface area (Å²) >= 11 is 0. The molecule has 17 heavy (non-hydrogen) atoms. The molecule has 0 unspecified atom stereocenters. The molecule has 0 N–H and O–H groups in total. The predicted octanol–water partition coefficient (Wildman–Crippen LogP) is 3.31. The first-order valence-corrected chi connectivity index (χ1v) is 5.27. The van der Waals surface area contributed by atoms with Crippen molar-refractivity contribution in [2.24, 2.45) is 0 Å². The zero-order valence-corrected chi connectivity index (χ0v) is 8.96. The van der Waals surface area contributed by atoms with Crippen molar-refractivity contribution in [3.8, 4) is 11.3 Å². The van der Waals surface area contributed by atoms with E-state index in [1.807, 2.05) is 36.4 Å². The summed E-state index contributed by atoms with van der Waals surface area (Å²) in [5, 5.41) is 5.85. The van der Waals surface area contributed by atoms with Crippen molar-refractivity contribution in [1.29, 1.82) is 0 Å². The molecule has 3 heteroatoms. The van der Waals surface area contributed by atoms with Crippen LogP contribution in [0.1, 0.15) is 10.4 Å². The van der Waals surface area contributed by atoms with Crippen molar-refractivity contribution in [2.45, 2.75) is 0 Å². The first-order chi connectivity index (χ1) is 8.38. The molecular weight excluding hydrogens is 214 g/mol. The minimum absolute atomic E-state index is 0.668. The highest BCUT2D eigenvalue weighted by Crippen LogP contribution is 2.25. The largest absolute Gasteiger partial charge is 0.364 e. The SMILES string of the molecule is O=Cc1cc(-c2ccon2)cc2ccccc12. The second kappa shape index (κ2) is 3.87. The highest BCUT2D eigenvalue weighted by atomic mass is 16.5. The van der Waals surface area contributed by atoms with Gasteiger partial charge in [0.15, 0.2) is 6.29 Å². The quantitative estimate of drug-likeness (QED) is 0.626. The van der Waals surface area contributed by atoms with Crippen LogP contribution in [0.3, 0.4) is 0 Å². The standard InChI is InChI=1S/C14H9NO2/c16-9-12-8-11(14-5-6-17-15-14)7-10-3-1-2-4-13(10)12/h1-9H. The van der Waals surface area contributed by atoms with E-state index in [2.05, 4.69) is 5.16 Å². The molecule has 0 saturated carbocycles. The summed E-state index contributed by atoms with van der Waals surface area (Å²) in [5.41, 5.74) is 2.29. The summed E-state index contributed by atoms with van der Waals surface area (Å²) in [5.74, 6) is 0. The van der Waals surface area contributed by atoms with Crippen LogP contribution in [0.4, 0.5) is 0 Å². The monoisotopic (exact) mass is 223 g/mol. The predicted molar refractivity (Wildman–Crippen MR) is 64.8 cm³/mol. The Kier molecular flexibility index (Phi) is 2.22. The van der Waals surface area contributed by atoms with Crippen molar-refractivity contribution in [3.05, 3.63) is 54.3 Å². The van der Waals surface area contributed by atoms with Gasteiger partial charge in [-0.3, -0.25) is 4.79 Å². The number of carbonyl (C=O) groups excluding carboxylic acids is 1. The molecule has 2 aromatic carbocycles. The number of aldehydes is 1. The second-order valence-corrected chi connectivity index (χ2v) is 3.79. The second-order valence-electron chi connectivity index (χ2n) is 3.79. The lowest BCUT2D eigenvalue weighted by molar-refractivity contribution is 0.112. The molecule has 0 aliphatic carbocycles. The molecule has 0 aliphatic heterocycles. The number of hydrogen-bond donors (Lipinski definition) is 0. The summed E-state index contributed by atoms with van der Waals surface area (Å²) in [6.07, 6.45) is 2.39. The van der Waals surface area contributed by atoms with Crippen molar-refractivity contribution in [3.63, 3.8) is 0 Å². The number of rotatable bonds is 2. The molecular formula is C14H9NO2. The Bertz CT molecular complexity index is 672. The van der Waals surface area contributed by atoms with E-state index in [-0.39, 0.29) is 0 Å². The molecule has 1 aromatic heterocycles. The van der Waals surface area contributed by atoms with Crippen molar-refractivity contribution >= 4 is 17.1 Å². The number of nitrogens with zero attached hydrogens (tertiary/aromatic N) is 1. The molecule has 0 bridgehead atoms. The Morgan fingerprint density at radius 2 is 2.00 bits per heavy atom. The van der Waals surface area contributed by atoms with E-state index < -0.39 is 0 Å². The van der Waals surface area contributed by atoms with Crippen LogP contribution in [0.15, 0.2) is 53.3 Å². The highest BCUT2D eigenvalue weighted by Gasteiger charge is 2.06. The van der Waals surface area contributed by atoms with Gasteiger partial charge in [0.2, 0.25) is 0 Å². The summed E-state index contributed by atoms with van der Waals surface area (Å²) in [4.78, 5) is 11.1. The maximum atomic E-state index is 11.1. The third kappa shape index (κ3) is 1.61. The minimum atomic E-state index is 0.668. The maximum absolute atomic E-state index is 11.1. The number of benzene rings is 2.